The molecule has 0 amide bonds. The minimum absolute atomic E-state index is 0.0983. The van der Waals surface area contributed by atoms with Gasteiger partial charge in [0.1, 0.15) is 18.8 Å². The largest absolute Gasteiger partial charge is 0.395 e. The highest BCUT2D eigenvalue weighted by molar-refractivity contribution is 9.10. The molecule has 1 aromatic rings. The van der Waals surface area contributed by atoms with Crippen LogP contribution in [0.3, 0.4) is 0 Å². The van der Waals surface area contributed by atoms with Crippen molar-refractivity contribution in [3.8, 4) is 0 Å². The fourth-order valence-electron chi connectivity index (χ4n) is 8.35. The number of rotatable bonds is 6. The molecule has 3 N–H and O–H groups in total. The van der Waals surface area contributed by atoms with Crippen molar-refractivity contribution in [1.82, 2.24) is 0 Å². The van der Waals surface area contributed by atoms with Crippen LogP contribution in [0.2, 0.25) is 0 Å². The summed E-state index contributed by atoms with van der Waals surface area (Å²) in [5, 5.41) is 36.9. The summed E-state index contributed by atoms with van der Waals surface area (Å²) in [7, 11) is 0. The fourth-order valence-corrected chi connectivity index (χ4v) is 8.80. The highest BCUT2D eigenvalue weighted by Crippen LogP contribution is 2.67. The smallest absolute Gasteiger partial charge is 0.190 e. The highest BCUT2D eigenvalue weighted by Gasteiger charge is 2.68. The number of carbonyl (C=O) groups excluding carboxylic acids is 1. The van der Waals surface area contributed by atoms with Gasteiger partial charge < -0.3 is 20.2 Å². The number of fused-ring (bicyclic) bond motifs is 5. The molecule has 0 bridgehead atoms. The van der Waals surface area contributed by atoms with Gasteiger partial charge in [-0.3, -0.25) is 4.79 Å². The van der Waals surface area contributed by atoms with Crippen LogP contribution in [0, 0.1) is 28.6 Å². The highest BCUT2D eigenvalue weighted by atomic mass is 79.9. The first-order valence-electron chi connectivity index (χ1n) is 13.3. The van der Waals surface area contributed by atoms with Crippen molar-refractivity contribution >= 4 is 27.4 Å². The van der Waals surface area contributed by atoms with E-state index >= 15 is 0 Å². The Morgan fingerprint density at radius 3 is 2.78 bits per heavy atom. The van der Waals surface area contributed by atoms with Crippen LogP contribution in [-0.4, -0.2) is 51.7 Å². The van der Waals surface area contributed by atoms with Crippen LogP contribution in [0.4, 0.5) is 0 Å². The summed E-state index contributed by atoms with van der Waals surface area (Å²) in [6, 6.07) is 8.20. The van der Waals surface area contributed by atoms with Gasteiger partial charge in [-0.15, -0.1) is 0 Å². The molecule has 7 atom stereocenters. The summed E-state index contributed by atoms with van der Waals surface area (Å²) in [6.07, 6.45) is 7.51. The Morgan fingerprint density at radius 2 is 2.03 bits per heavy atom. The topological polar surface area (TPSA) is 99.4 Å². The first kappa shape index (κ1) is 26.1. The van der Waals surface area contributed by atoms with Crippen molar-refractivity contribution in [3.05, 3.63) is 46.0 Å². The van der Waals surface area contributed by atoms with Crippen molar-refractivity contribution in [3.63, 3.8) is 0 Å². The van der Waals surface area contributed by atoms with Gasteiger partial charge in [-0.1, -0.05) is 52.6 Å². The molecule has 0 aliphatic heterocycles. The Hall–Kier alpha value is -1.54. The Morgan fingerprint density at radius 1 is 1.22 bits per heavy atom. The molecule has 3 saturated carbocycles. The fraction of sp³-hybridized carbons (Fsp3) is 0.655. The van der Waals surface area contributed by atoms with Gasteiger partial charge in [0.15, 0.2) is 5.78 Å². The average molecular weight is 561 g/mol. The van der Waals surface area contributed by atoms with E-state index in [1.54, 1.807) is 0 Å². The van der Waals surface area contributed by atoms with Gasteiger partial charge in [-0.05, 0) is 91.9 Å². The second kappa shape index (κ2) is 9.64. The number of aliphatic hydroxyl groups is 3. The van der Waals surface area contributed by atoms with E-state index in [-0.39, 0.29) is 23.2 Å². The van der Waals surface area contributed by atoms with Crippen molar-refractivity contribution < 1.29 is 25.0 Å². The molecule has 196 valence electrons. The van der Waals surface area contributed by atoms with Crippen LogP contribution in [0.5, 0.6) is 0 Å². The lowest BCUT2D eigenvalue weighted by molar-refractivity contribution is -0.181. The van der Waals surface area contributed by atoms with Crippen LogP contribution in [0.25, 0.3) is 0 Å². The van der Waals surface area contributed by atoms with E-state index in [9.17, 15) is 20.1 Å². The molecule has 4 aliphatic rings. The third-order valence-electron chi connectivity index (χ3n) is 10.2. The summed E-state index contributed by atoms with van der Waals surface area (Å²) in [4.78, 5) is 18.3. The summed E-state index contributed by atoms with van der Waals surface area (Å²) in [5.41, 5.74) is 1.14. The normalized spacial score (nSPS) is 40.7. The van der Waals surface area contributed by atoms with Gasteiger partial charge >= 0.3 is 0 Å². The molecule has 0 spiro atoms. The van der Waals surface area contributed by atoms with Gasteiger partial charge in [-0.2, -0.15) is 0 Å². The molecule has 36 heavy (non-hydrogen) atoms. The van der Waals surface area contributed by atoms with Crippen molar-refractivity contribution in [2.45, 2.75) is 76.9 Å². The maximum Gasteiger partial charge on any atom is 0.190 e. The van der Waals surface area contributed by atoms with Crippen LogP contribution in [-0.2, 0) is 16.1 Å². The molecular weight excluding hydrogens is 522 g/mol. The average Bonchev–Trinajstić information content (AvgIpc) is 3.12. The molecule has 4 aliphatic carbocycles. The van der Waals surface area contributed by atoms with E-state index < -0.39 is 29.5 Å². The van der Waals surface area contributed by atoms with Crippen LogP contribution >= 0.6 is 15.9 Å². The number of carbonyl (C=O) groups is 1. The van der Waals surface area contributed by atoms with Gasteiger partial charge in [0.05, 0.1) is 11.8 Å². The van der Waals surface area contributed by atoms with E-state index in [0.29, 0.717) is 19.4 Å². The number of aliphatic hydroxyl groups excluding tert-OH is 2. The summed E-state index contributed by atoms with van der Waals surface area (Å²) < 4.78 is 1.06. The van der Waals surface area contributed by atoms with E-state index in [1.165, 1.54) is 11.1 Å². The molecule has 3 fully saturated rings. The molecule has 0 unspecified atom stereocenters. The van der Waals surface area contributed by atoms with Gasteiger partial charge in [0.25, 0.3) is 0 Å². The zero-order valence-corrected chi connectivity index (χ0v) is 22.8. The standard InChI is InChI=1S/C29H38BrNO5/c1-27-11-8-21(31-36-13-10-18-4-3-5-20(30)14-18)15-19(27)6-7-22-23-9-12-29(35,25(34)17-32)28(23,2)16-24(33)26(22)27/h3-5,14-15,22-24,26,32-33,35H,6-13,16-17H2,1-2H3/b31-21-/t22-,23-,24-,26+,27-,28-,29-/m0/s1. The van der Waals surface area contributed by atoms with Crippen LogP contribution in [0.15, 0.2) is 45.5 Å². The second-order valence-corrected chi connectivity index (χ2v) is 12.8. The molecule has 6 nitrogen and oxygen atoms in total. The van der Waals surface area contributed by atoms with E-state index in [4.69, 9.17) is 4.84 Å². The second-order valence-electron chi connectivity index (χ2n) is 11.9. The van der Waals surface area contributed by atoms with E-state index in [1.807, 2.05) is 19.1 Å². The van der Waals surface area contributed by atoms with Crippen molar-refractivity contribution in [2.24, 2.45) is 33.7 Å². The molecule has 1 aromatic carbocycles. The SMILES string of the molecule is C[C@]12CC/C(=N/OCCc3cccc(Br)c3)C=C1CC[C@@H]1[C@@H]2[C@@H](O)C[C@@]2(C)[C@H]1CC[C@]2(O)C(=O)CO. The minimum atomic E-state index is -1.55. The van der Waals surface area contributed by atoms with Gasteiger partial charge in [-0.25, -0.2) is 0 Å². The molecule has 0 heterocycles. The number of hydrogen-bond donors (Lipinski definition) is 3. The third kappa shape index (κ3) is 4.11. The molecule has 5 rings (SSSR count). The quantitative estimate of drug-likeness (QED) is 0.349. The predicted molar refractivity (Wildman–Crippen MR) is 141 cm³/mol. The van der Waals surface area contributed by atoms with Gasteiger partial charge in [0.2, 0.25) is 0 Å². The lowest BCUT2D eigenvalue weighted by Crippen LogP contribution is -2.62. The number of ketones is 1. The predicted octanol–water partition coefficient (Wildman–Crippen LogP) is 4.59. The number of Topliss-reactive ketones (excluding diaryl/α,β-unsaturated/α-hetero) is 1. The van der Waals surface area contributed by atoms with Crippen LogP contribution in [0.1, 0.15) is 64.4 Å². The number of oxime groups is 1. The van der Waals surface area contributed by atoms with E-state index in [2.05, 4.69) is 46.2 Å². The molecule has 0 aromatic heterocycles. The summed E-state index contributed by atoms with van der Waals surface area (Å²) in [6.45, 7) is 4.12. The lowest BCUT2D eigenvalue weighted by atomic mass is 9.45. The Bertz CT molecular complexity index is 1090. The van der Waals surface area contributed by atoms with E-state index in [0.717, 1.165) is 48.7 Å². The molecule has 7 heteroatoms. The number of benzene rings is 1. The monoisotopic (exact) mass is 559 g/mol. The third-order valence-corrected chi connectivity index (χ3v) is 10.7. The molecule has 0 saturated heterocycles. The minimum Gasteiger partial charge on any atom is -0.395 e. The number of nitrogens with zero attached hydrogens (tertiary/aromatic N) is 1. The Kier molecular flexibility index (Phi) is 6.99. The van der Waals surface area contributed by atoms with Crippen molar-refractivity contribution in [1.29, 1.82) is 0 Å². The summed E-state index contributed by atoms with van der Waals surface area (Å²) >= 11 is 3.50. The zero-order valence-electron chi connectivity index (χ0n) is 21.3. The molecular formula is C29H38BrNO5. The van der Waals surface area contributed by atoms with Gasteiger partial charge in [0, 0.05) is 16.3 Å². The number of allylic oxidation sites excluding steroid dienone is 2. The molecule has 0 radical (unpaired) electrons. The number of halogens is 1. The lowest BCUT2D eigenvalue weighted by Gasteiger charge is -2.60. The number of hydrogen-bond acceptors (Lipinski definition) is 6. The van der Waals surface area contributed by atoms with Crippen molar-refractivity contribution in [2.75, 3.05) is 13.2 Å². The maximum absolute atomic E-state index is 12.6. The Balaban J connectivity index is 1.31. The first-order chi connectivity index (χ1) is 17.1. The maximum atomic E-state index is 12.6. The first-order valence-corrected chi connectivity index (χ1v) is 14.1. The Labute approximate surface area is 221 Å². The van der Waals surface area contributed by atoms with Crippen LogP contribution < -0.4 is 0 Å². The summed E-state index contributed by atoms with van der Waals surface area (Å²) in [5.74, 6) is 0.0165. The zero-order chi connectivity index (χ0) is 25.7.